The predicted octanol–water partition coefficient (Wildman–Crippen LogP) is 1.35. The van der Waals surface area contributed by atoms with Gasteiger partial charge >= 0.3 is 0 Å². The van der Waals surface area contributed by atoms with Gasteiger partial charge in [0.25, 0.3) is 5.91 Å². The second-order valence-corrected chi connectivity index (χ2v) is 3.52. The molecule has 1 rings (SSSR count). The molecule has 0 unspecified atom stereocenters. The van der Waals surface area contributed by atoms with E-state index in [0.29, 0.717) is 16.8 Å². The van der Waals surface area contributed by atoms with Crippen LogP contribution in [0.15, 0.2) is 18.3 Å². The number of pyridine rings is 1. The van der Waals surface area contributed by atoms with Crippen LogP contribution in [0.5, 0.6) is 0 Å². The molecule has 0 saturated carbocycles. The molecule has 0 saturated heterocycles. The summed E-state index contributed by atoms with van der Waals surface area (Å²) in [5.74, 6) is -0.485. The first kappa shape index (κ1) is 11.9. The molecule has 0 aliphatic heterocycles. The zero-order valence-corrected chi connectivity index (χ0v) is 9.42. The minimum atomic E-state index is -0.485. The SMILES string of the molecule is COCCCn1cccc(C(N)=O)c1=S. The summed E-state index contributed by atoms with van der Waals surface area (Å²) in [6.07, 6.45) is 2.69. The van der Waals surface area contributed by atoms with Gasteiger partial charge in [-0.15, -0.1) is 0 Å². The molecular formula is C10H14N2O2S. The number of carbonyl (C=O) groups is 1. The van der Waals surface area contributed by atoms with Crippen molar-refractivity contribution in [3.63, 3.8) is 0 Å². The van der Waals surface area contributed by atoms with Gasteiger partial charge in [-0.1, -0.05) is 12.2 Å². The number of primary amides is 1. The number of aromatic nitrogens is 1. The summed E-state index contributed by atoms with van der Waals surface area (Å²) in [6, 6.07) is 3.40. The Labute approximate surface area is 93.7 Å². The van der Waals surface area contributed by atoms with Gasteiger partial charge in [-0.3, -0.25) is 4.79 Å². The van der Waals surface area contributed by atoms with Gasteiger partial charge in [0.15, 0.2) is 0 Å². The number of methoxy groups -OCH3 is 1. The summed E-state index contributed by atoms with van der Waals surface area (Å²) in [5, 5.41) is 0. The minimum absolute atomic E-state index is 0.393. The quantitative estimate of drug-likeness (QED) is 0.609. The van der Waals surface area contributed by atoms with Crippen LogP contribution in [0.2, 0.25) is 0 Å². The fraction of sp³-hybridized carbons (Fsp3) is 0.400. The van der Waals surface area contributed by atoms with E-state index in [2.05, 4.69) is 0 Å². The van der Waals surface area contributed by atoms with Crippen molar-refractivity contribution >= 4 is 18.1 Å². The molecule has 82 valence electrons. The van der Waals surface area contributed by atoms with Crippen molar-refractivity contribution in [2.75, 3.05) is 13.7 Å². The lowest BCUT2D eigenvalue weighted by Crippen LogP contribution is -2.15. The Hall–Kier alpha value is -1.20. The average molecular weight is 226 g/mol. The number of nitrogens with zero attached hydrogens (tertiary/aromatic N) is 1. The van der Waals surface area contributed by atoms with Crippen LogP contribution in [0.3, 0.4) is 0 Å². The third kappa shape index (κ3) is 3.14. The molecule has 0 radical (unpaired) electrons. The molecule has 4 nitrogen and oxygen atoms in total. The van der Waals surface area contributed by atoms with Crippen LogP contribution in [0.25, 0.3) is 0 Å². The van der Waals surface area contributed by atoms with Crippen molar-refractivity contribution in [1.29, 1.82) is 0 Å². The smallest absolute Gasteiger partial charge is 0.251 e. The van der Waals surface area contributed by atoms with Gasteiger partial charge in [0.2, 0.25) is 0 Å². The Morgan fingerprint density at radius 3 is 3.00 bits per heavy atom. The van der Waals surface area contributed by atoms with Gasteiger partial charge in [-0.2, -0.15) is 0 Å². The van der Waals surface area contributed by atoms with Crippen molar-refractivity contribution in [2.24, 2.45) is 5.73 Å². The molecule has 1 heterocycles. The van der Waals surface area contributed by atoms with E-state index in [9.17, 15) is 4.79 Å². The largest absolute Gasteiger partial charge is 0.385 e. The van der Waals surface area contributed by atoms with E-state index in [1.165, 1.54) is 0 Å². The monoisotopic (exact) mass is 226 g/mol. The summed E-state index contributed by atoms with van der Waals surface area (Å²) >= 11 is 5.14. The standard InChI is InChI=1S/C10H14N2O2S/c1-14-7-3-6-12-5-2-4-8(9(11)13)10(12)15/h2,4-5H,3,6-7H2,1H3,(H2,11,13). The normalized spacial score (nSPS) is 10.2. The van der Waals surface area contributed by atoms with Gasteiger partial charge in [0.1, 0.15) is 4.64 Å². The molecule has 0 aliphatic rings. The molecule has 5 heteroatoms. The number of aryl methyl sites for hydroxylation is 1. The number of hydrogen-bond donors (Lipinski definition) is 1. The first-order chi connectivity index (χ1) is 7.16. The van der Waals surface area contributed by atoms with Gasteiger partial charge in [-0.25, -0.2) is 0 Å². The van der Waals surface area contributed by atoms with E-state index in [-0.39, 0.29) is 0 Å². The summed E-state index contributed by atoms with van der Waals surface area (Å²) in [6.45, 7) is 1.40. The zero-order valence-electron chi connectivity index (χ0n) is 8.60. The van der Waals surface area contributed by atoms with Crippen molar-refractivity contribution in [3.05, 3.63) is 28.5 Å². The first-order valence-electron chi connectivity index (χ1n) is 4.65. The van der Waals surface area contributed by atoms with Crippen molar-refractivity contribution in [2.45, 2.75) is 13.0 Å². The van der Waals surface area contributed by atoms with Gasteiger partial charge in [0.05, 0.1) is 5.56 Å². The number of rotatable bonds is 5. The zero-order chi connectivity index (χ0) is 11.3. The molecule has 0 aliphatic carbocycles. The number of carbonyl (C=O) groups excluding carboxylic acids is 1. The fourth-order valence-electron chi connectivity index (χ4n) is 1.28. The van der Waals surface area contributed by atoms with Crippen LogP contribution >= 0.6 is 12.2 Å². The first-order valence-corrected chi connectivity index (χ1v) is 5.06. The molecule has 0 aromatic carbocycles. The van der Waals surface area contributed by atoms with E-state index < -0.39 is 5.91 Å². The van der Waals surface area contributed by atoms with Crippen LogP contribution in [0.4, 0.5) is 0 Å². The topological polar surface area (TPSA) is 57.2 Å². The second-order valence-electron chi connectivity index (χ2n) is 3.13. The average Bonchev–Trinajstić information content (AvgIpc) is 2.20. The van der Waals surface area contributed by atoms with E-state index in [1.54, 1.807) is 19.2 Å². The number of hydrogen-bond acceptors (Lipinski definition) is 3. The molecule has 1 amide bonds. The second kappa shape index (κ2) is 5.63. The highest BCUT2D eigenvalue weighted by Gasteiger charge is 2.04. The third-order valence-corrected chi connectivity index (χ3v) is 2.49. The molecular weight excluding hydrogens is 212 g/mol. The molecule has 15 heavy (non-hydrogen) atoms. The van der Waals surface area contributed by atoms with Crippen LogP contribution < -0.4 is 5.73 Å². The maximum Gasteiger partial charge on any atom is 0.251 e. The molecule has 1 aromatic rings. The highest BCUT2D eigenvalue weighted by Crippen LogP contribution is 2.03. The number of amides is 1. The van der Waals surface area contributed by atoms with Crippen molar-refractivity contribution in [3.8, 4) is 0 Å². The molecule has 0 fully saturated rings. The molecule has 2 N–H and O–H groups in total. The Bertz CT molecular complexity index is 401. The lowest BCUT2D eigenvalue weighted by Gasteiger charge is -2.07. The van der Waals surface area contributed by atoms with Crippen LogP contribution in [0, 0.1) is 4.64 Å². The number of nitrogens with two attached hydrogens (primary N) is 1. The summed E-state index contributed by atoms with van der Waals surface area (Å²) in [7, 11) is 1.65. The fourth-order valence-corrected chi connectivity index (χ4v) is 1.60. The maximum atomic E-state index is 11.0. The van der Waals surface area contributed by atoms with E-state index in [0.717, 1.165) is 13.0 Å². The van der Waals surface area contributed by atoms with Crippen LogP contribution in [0.1, 0.15) is 16.8 Å². The van der Waals surface area contributed by atoms with E-state index in [1.807, 2.05) is 10.8 Å². The summed E-state index contributed by atoms with van der Waals surface area (Å²) < 4.78 is 7.26. The Morgan fingerprint density at radius 2 is 2.40 bits per heavy atom. The summed E-state index contributed by atoms with van der Waals surface area (Å²) in [4.78, 5) is 11.0. The Balaban J connectivity index is 2.85. The molecule has 0 atom stereocenters. The van der Waals surface area contributed by atoms with Gasteiger partial charge < -0.3 is 15.0 Å². The Kier molecular flexibility index (Phi) is 4.45. The highest BCUT2D eigenvalue weighted by molar-refractivity contribution is 7.71. The van der Waals surface area contributed by atoms with Gasteiger partial charge in [0, 0.05) is 26.5 Å². The maximum absolute atomic E-state index is 11.0. The van der Waals surface area contributed by atoms with E-state index >= 15 is 0 Å². The molecule has 0 spiro atoms. The van der Waals surface area contributed by atoms with Crippen molar-refractivity contribution in [1.82, 2.24) is 4.57 Å². The van der Waals surface area contributed by atoms with Crippen LogP contribution in [-0.4, -0.2) is 24.2 Å². The molecule has 1 aromatic heterocycles. The predicted molar refractivity (Wildman–Crippen MR) is 60.3 cm³/mol. The summed E-state index contributed by atoms with van der Waals surface area (Å²) in [5.41, 5.74) is 5.59. The highest BCUT2D eigenvalue weighted by atomic mass is 32.1. The van der Waals surface area contributed by atoms with Gasteiger partial charge in [-0.05, 0) is 18.6 Å². The Morgan fingerprint density at radius 1 is 1.67 bits per heavy atom. The lowest BCUT2D eigenvalue weighted by molar-refractivity contribution is 0.0999. The molecule has 0 bridgehead atoms. The third-order valence-electron chi connectivity index (χ3n) is 2.03. The lowest BCUT2D eigenvalue weighted by atomic mass is 10.2. The minimum Gasteiger partial charge on any atom is -0.385 e. The van der Waals surface area contributed by atoms with Crippen LogP contribution in [-0.2, 0) is 11.3 Å². The number of ether oxygens (including phenoxy) is 1. The van der Waals surface area contributed by atoms with E-state index in [4.69, 9.17) is 22.7 Å². The van der Waals surface area contributed by atoms with Crippen molar-refractivity contribution < 1.29 is 9.53 Å².